The van der Waals surface area contributed by atoms with Gasteiger partial charge in [-0.15, -0.1) is 0 Å². The predicted molar refractivity (Wildman–Crippen MR) is 91.9 cm³/mol. The number of hydrogen-bond donors (Lipinski definition) is 0. The van der Waals surface area contributed by atoms with Crippen LogP contribution in [0.1, 0.15) is 15.9 Å². The Labute approximate surface area is 142 Å². The molecule has 0 atom stereocenters. The van der Waals surface area contributed by atoms with E-state index in [4.69, 9.17) is 11.6 Å². The molecule has 21 heavy (non-hydrogen) atoms. The van der Waals surface area contributed by atoms with E-state index in [9.17, 15) is 4.79 Å². The zero-order chi connectivity index (χ0) is 15.4. The molecule has 0 saturated carbocycles. The van der Waals surface area contributed by atoms with Crippen LogP contribution >= 0.6 is 34.2 Å². The smallest absolute Gasteiger partial charge is 0.337 e. The van der Waals surface area contributed by atoms with E-state index in [-0.39, 0.29) is 5.97 Å². The molecule has 0 fully saturated rings. The maximum absolute atomic E-state index is 11.4. The van der Waals surface area contributed by atoms with Crippen molar-refractivity contribution in [3.63, 3.8) is 0 Å². The maximum Gasteiger partial charge on any atom is 0.337 e. The molecule has 0 saturated heterocycles. The molecular weight excluding hydrogens is 403 g/mol. The van der Waals surface area contributed by atoms with E-state index < -0.39 is 0 Å². The Morgan fingerprint density at radius 1 is 1.38 bits per heavy atom. The molecule has 2 rings (SSSR count). The van der Waals surface area contributed by atoms with Gasteiger partial charge in [0, 0.05) is 23.4 Å². The molecule has 1 aromatic carbocycles. The van der Waals surface area contributed by atoms with E-state index in [1.165, 1.54) is 7.11 Å². The minimum atomic E-state index is -0.336. The lowest BCUT2D eigenvalue weighted by Gasteiger charge is -2.19. The van der Waals surface area contributed by atoms with Gasteiger partial charge >= 0.3 is 5.97 Å². The molecule has 0 bridgehead atoms. The van der Waals surface area contributed by atoms with Gasteiger partial charge < -0.3 is 9.64 Å². The van der Waals surface area contributed by atoms with E-state index in [1.807, 2.05) is 30.1 Å². The summed E-state index contributed by atoms with van der Waals surface area (Å²) in [6.07, 6.45) is 1.78. The molecule has 1 heterocycles. The number of carbonyl (C=O) groups excluding carboxylic acids is 1. The molecule has 0 N–H and O–H groups in total. The van der Waals surface area contributed by atoms with Crippen LogP contribution in [-0.4, -0.2) is 25.1 Å². The van der Waals surface area contributed by atoms with E-state index >= 15 is 0 Å². The molecule has 0 amide bonds. The topological polar surface area (TPSA) is 42.4 Å². The minimum Gasteiger partial charge on any atom is -0.465 e. The molecule has 0 aliphatic rings. The predicted octanol–water partition coefficient (Wildman–Crippen LogP) is 3.76. The Hall–Kier alpha value is -1.34. The second-order valence-electron chi connectivity index (χ2n) is 4.50. The van der Waals surface area contributed by atoms with Crippen LogP contribution in [0, 0.1) is 3.57 Å². The summed E-state index contributed by atoms with van der Waals surface area (Å²) >= 11 is 8.38. The lowest BCUT2D eigenvalue weighted by molar-refractivity contribution is 0.0600. The van der Waals surface area contributed by atoms with Gasteiger partial charge in [0.05, 0.1) is 17.7 Å². The van der Waals surface area contributed by atoms with Crippen molar-refractivity contribution in [1.82, 2.24) is 4.98 Å². The van der Waals surface area contributed by atoms with Gasteiger partial charge in [0.1, 0.15) is 5.82 Å². The van der Waals surface area contributed by atoms with Crippen LogP contribution in [0.4, 0.5) is 5.82 Å². The highest BCUT2D eigenvalue weighted by Crippen LogP contribution is 2.25. The van der Waals surface area contributed by atoms with Gasteiger partial charge in [0.2, 0.25) is 0 Å². The zero-order valence-electron chi connectivity index (χ0n) is 11.6. The normalized spacial score (nSPS) is 10.3. The molecule has 110 valence electrons. The first-order valence-electron chi connectivity index (χ1n) is 6.20. The van der Waals surface area contributed by atoms with Crippen LogP contribution < -0.4 is 4.90 Å². The van der Waals surface area contributed by atoms with Crippen LogP contribution in [-0.2, 0) is 11.3 Å². The summed E-state index contributed by atoms with van der Waals surface area (Å²) in [5.41, 5.74) is 1.59. The highest BCUT2D eigenvalue weighted by atomic mass is 127. The van der Waals surface area contributed by atoms with Crippen LogP contribution in [0.5, 0.6) is 0 Å². The number of esters is 1. The van der Waals surface area contributed by atoms with E-state index in [1.54, 1.807) is 18.3 Å². The lowest BCUT2D eigenvalue weighted by Crippen LogP contribution is -2.18. The lowest BCUT2D eigenvalue weighted by atomic mass is 10.1. The third kappa shape index (κ3) is 4.07. The maximum atomic E-state index is 11.4. The Bertz CT molecular complexity index is 647. The molecule has 0 unspecified atom stereocenters. The van der Waals surface area contributed by atoms with Crippen molar-refractivity contribution >= 4 is 46.0 Å². The number of rotatable bonds is 4. The summed E-state index contributed by atoms with van der Waals surface area (Å²) < 4.78 is 5.67. The first-order chi connectivity index (χ1) is 10.0. The third-order valence-corrected chi connectivity index (χ3v) is 3.81. The molecule has 4 nitrogen and oxygen atoms in total. The van der Waals surface area contributed by atoms with Crippen molar-refractivity contribution < 1.29 is 9.53 Å². The number of benzene rings is 1. The van der Waals surface area contributed by atoms with E-state index in [0.717, 1.165) is 15.0 Å². The average Bonchev–Trinajstić information content (AvgIpc) is 2.47. The fourth-order valence-electron chi connectivity index (χ4n) is 1.90. The molecule has 0 aliphatic carbocycles. The fraction of sp³-hybridized carbons (Fsp3) is 0.200. The number of aromatic nitrogens is 1. The first kappa shape index (κ1) is 16.0. The molecular formula is C15H14ClIN2O2. The summed E-state index contributed by atoms with van der Waals surface area (Å²) in [4.78, 5) is 17.7. The van der Waals surface area contributed by atoms with Gasteiger partial charge in [-0.1, -0.05) is 23.7 Å². The molecule has 2 aromatic rings. The van der Waals surface area contributed by atoms with E-state index in [0.29, 0.717) is 17.1 Å². The molecule has 1 aromatic heterocycles. The van der Waals surface area contributed by atoms with Crippen LogP contribution in [0.2, 0.25) is 5.02 Å². The number of anilines is 1. The summed E-state index contributed by atoms with van der Waals surface area (Å²) in [7, 11) is 3.30. The number of carbonyl (C=O) groups is 1. The van der Waals surface area contributed by atoms with Crippen molar-refractivity contribution in [3.05, 3.63) is 56.2 Å². The Kier molecular flexibility index (Phi) is 5.41. The van der Waals surface area contributed by atoms with Gasteiger partial charge in [-0.3, -0.25) is 0 Å². The summed E-state index contributed by atoms with van der Waals surface area (Å²) in [6.45, 7) is 0.648. The van der Waals surface area contributed by atoms with Gasteiger partial charge in [0.15, 0.2) is 0 Å². The number of ether oxygens (including phenoxy) is 1. The summed E-state index contributed by atoms with van der Waals surface area (Å²) in [5.74, 6) is 0.395. The second-order valence-corrected chi connectivity index (χ2v) is 6.16. The van der Waals surface area contributed by atoms with Gasteiger partial charge in [0.25, 0.3) is 0 Å². The van der Waals surface area contributed by atoms with Gasteiger partial charge in [-0.05, 0) is 46.4 Å². The first-order valence-corrected chi connectivity index (χ1v) is 7.66. The van der Waals surface area contributed by atoms with Crippen molar-refractivity contribution in [2.75, 3.05) is 19.1 Å². The Morgan fingerprint density at radius 3 is 2.62 bits per heavy atom. The van der Waals surface area contributed by atoms with Crippen molar-refractivity contribution in [2.45, 2.75) is 6.54 Å². The minimum absolute atomic E-state index is 0.336. The van der Waals surface area contributed by atoms with Crippen molar-refractivity contribution in [1.29, 1.82) is 0 Å². The molecule has 0 radical (unpaired) electrons. The number of hydrogen-bond acceptors (Lipinski definition) is 4. The van der Waals surface area contributed by atoms with Gasteiger partial charge in [-0.2, -0.15) is 0 Å². The Morgan fingerprint density at radius 2 is 2.05 bits per heavy atom. The summed E-state index contributed by atoms with van der Waals surface area (Å²) in [5, 5.41) is 0.621. The molecule has 0 spiro atoms. The monoisotopic (exact) mass is 416 g/mol. The van der Waals surface area contributed by atoms with Crippen LogP contribution in [0.25, 0.3) is 0 Å². The Balaban J connectivity index is 2.12. The van der Waals surface area contributed by atoms with E-state index in [2.05, 4.69) is 32.3 Å². The number of pyridine rings is 1. The van der Waals surface area contributed by atoms with Crippen molar-refractivity contribution in [2.24, 2.45) is 0 Å². The second kappa shape index (κ2) is 7.09. The number of methoxy groups -OCH3 is 1. The summed E-state index contributed by atoms with van der Waals surface area (Å²) in [6, 6.07) is 9.16. The highest BCUT2D eigenvalue weighted by Gasteiger charge is 2.10. The molecule has 6 heteroatoms. The van der Waals surface area contributed by atoms with Gasteiger partial charge in [-0.25, -0.2) is 9.78 Å². The number of halogens is 2. The molecule has 0 aliphatic heterocycles. The zero-order valence-corrected chi connectivity index (χ0v) is 14.6. The number of nitrogens with zero attached hydrogens (tertiary/aromatic N) is 2. The third-order valence-electron chi connectivity index (χ3n) is 2.94. The largest absolute Gasteiger partial charge is 0.465 e. The quantitative estimate of drug-likeness (QED) is 0.562. The van der Waals surface area contributed by atoms with Crippen LogP contribution in [0.15, 0.2) is 36.5 Å². The standard InChI is InChI=1S/C15H14ClIN2O2/c1-19(14-13(16)7-12(17)8-18-14)9-10-3-5-11(6-4-10)15(20)21-2/h3-8H,9H2,1-2H3. The SMILES string of the molecule is COC(=O)c1ccc(CN(C)c2ncc(I)cc2Cl)cc1. The van der Waals surface area contributed by atoms with Crippen molar-refractivity contribution in [3.8, 4) is 0 Å². The van der Waals surface area contributed by atoms with Crippen LogP contribution in [0.3, 0.4) is 0 Å². The highest BCUT2D eigenvalue weighted by molar-refractivity contribution is 14.1. The average molecular weight is 417 g/mol. The fourth-order valence-corrected chi connectivity index (χ4v) is 2.85.